The lowest BCUT2D eigenvalue weighted by Gasteiger charge is -2.32. The number of aryl methyl sites for hydroxylation is 1. The smallest absolute Gasteiger partial charge is 0.243 e. The van der Waals surface area contributed by atoms with Crippen molar-refractivity contribution in [1.29, 1.82) is 0 Å². The molecular weight excluding hydrogens is 623 g/mol. The molecule has 4 nitrogen and oxygen atoms in total. The molecule has 2 aromatic heterocycles. The second-order valence-electron chi connectivity index (χ2n) is 15.4. The Balaban J connectivity index is 1.46. The third kappa shape index (κ3) is 6.78. The maximum absolute atomic E-state index is 6.65. The lowest BCUT2D eigenvalue weighted by molar-refractivity contribution is -0.806. The van der Waals surface area contributed by atoms with E-state index in [1.165, 1.54) is 44.6 Å². The van der Waals surface area contributed by atoms with Crippen LogP contribution in [0.3, 0.4) is 0 Å². The fourth-order valence-electron chi connectivity index (χ4n) is 8.37. The average Bonchev–Trinajstić information content (AvgIpc) is 3.45. The molecule has 4 heteroatoms. The Kier molecular flexibility index (Phi) is 10.6. The number of pyridine rings is 2. The summed E-state index contributed by atoms with van der Waals surface area (Å²) in [6.07, 6.45) is 7.84. The van der Waals surface area contributed by atoms with Crippen molar-refractivity contribution < 1.29 is 13.9 Å². The summed E-state index contributed by atoms with van der Waals surface area (Å²) in [6, 6.07) is 26.8. The predicted octanol–water partition coefficient (Wildman–Crippen LogP) is 11.1. The molecular formula is C47H57N3O+2. The molecule has 264 valence electrons. The van der Waals surface area contributed by atoms with Crippen LogP contribution in [0.2, 0.25) is 0 Å². The number of ether oxygens (including phenoxy) is 1. The molecule has 0 bridgehead atoms. The molecule has 0 saturated carbocycles. The van der Waals surface area contributed by atoms with Gasteiger partial charge in [-0.25, -0.2) is 0 Å². The Hall–Kier alpha value is -4.57. The summed E-state index contributed by atoms with van der Waals surface area (Å²) in [5.41, 5.74) is 12.8. The average molecular weight is 680 g/mol. The van der Waals surface area contributed by atoms with Gasteiger partial charge in [-0.1, -0.05) is 104 Å². The highest BCUT2D eigenvalue weighted by Crippen LogP contribution is 2.50. The van der Waals surface area contributed by atoms with Crippen LogP contribution in [-0.4, -0.2) is 12.4 Å². The van der Waals surface area contributed by atoms with E-state index in [0.29, 0.717) is 30.0 Å². The molecule has 2 aliphatic rings. The van der Waals surface area contributed by atoms with Crippen LogP contribution >= 0.6 is 0 Å². The second-order valence-corrected chi connectivity index (χ2v) is 15.4. The van der Waals surface area contributed by atoms with Crippen molar-refractivity contribution in [2.45, 2.75) is 104 Å². The van der Waals surface area contributed by atoms with Crippen molar-refractivity contribution in [2.75, 3.05) is 6.54 Å². The number of nitrogens with zero attached hydrogens (tertiary/aromatic N) is 3. The first kappa shape index (κ1) is 36.2. The van der Waals surface area contributed by atoms with Gasteiger partial charge in [0.05, 0.1) is 17.1 Å². The maximum atomic E-state index is 6.65. The largest absolute Gasteiger partial charge is 0.443 e. The highest BCUT2D eigenvalue weighted by atomic mass is 16.5. The van der Waals surface area contributed by atoms with E-state index in [2.05, 4.69) is 169 Å². The number of fused-ring (bicyclic) bond motifs is 4. The minimum absolute atomic E-state index is 0.0245. The second kappa shape index (κ2) is 15.0. The van der Waals surface area contributed by atoms with Crippen LogP contribution < -0.4 is 9.13 Å². The van der Waals surface area contributed by atoms with Crippen molar-refractivity contribution in [2.24, 2.45) is 10.9 Å². The molecule has 2 aliphatic heterocycles. The SMILES string of the molecule is C=CC1c2ccccc2-c2cccc[n+]2C1C1C(C(C)CC)=C(C(=C)OC(C)=NCC(C)c2cccc(C(C)C)c2)c2cc(C)c(C(C)C)c[n+]21. The van der Waals surface area contributed by atoms with Gasteiger partial charge >= 0.3 is 0 Å². The van der Waals surface area contributed by atoms with Gasteiger partial charge in [-0.05, 0) is 65.5 Å². The standard InChI is InChI=1S/C47H57N3O/c1-12-31(7)44-45(34(10)51-35(11)48-27-33(9)37-20-18-19-36(26-37)29(3)4)43-25-32(8)41(30(5)6)28-50(43)47(44)46-38(13-2)39-21-14-15-22-40(39)42-23-16-17-24-49(42)46/h13-26,28-31,33,38,46-47H,2,10,12,27H2,1,3-9,11H3/q+2. The van der Waals surface area contributed by atoms with E-state index < -0.39 is 0 Å². The van der Waals surface area contributed by atoms with Crippen molar-refractivity contribution in [1.82, 2.24) is 0 Å². The highest BCUT2D eigenvalue weighted by Gasteiger charge is 2.55. The van der Waals surface area contributed by atoms with Crippen molar-refractivity contribution in [3.63, 3.8) is 0 Å². The summed E-state index contributed by atoms with van der Waals surface area (Å²) in [5.74, 6) is 2.85. The van der Waals surface area contributed by atoms with Gasteiger partial charge < -0.3 is 4.74 Å². The third-order valence-electron chi connectivity index (χ3n) is 11.3. The van der Waals surface area contributed by atoms with Gasteiger partial charge in [0.25, 0.3) is 0 Å². The van der Waals surface area contributed by atoms with Gasteiger partial charge in [0.2, 0.25) is 23.5 Å². The van der Waals surface area contributed by atoms with Crippen LogP contribution in [0.5, 0.6) is 0 Å². The highest BCUT2D eigenvalue weighted by molar-refractivity contribution is 5.84. The van der Waals surface area contributed by atoms with Crippen LogP contribution in [0.15, 0.2) is 121 Å². The summed E-state index contributed by atoms with van der Waals surface area (Å²) in [5, 5.41) is 0. The quantitative estimate of drug-likeness (QED) is 0.0510. The third-order valence-corrected chi connectivity index (χ3v) is 11.3. The molecule has 0 aliphatic carbocycles. The number of rotatable bonds is 11. The molecule has 0 spiro atoms. The van der Waals surface area contributed by atoms with Crippen LogP contribution in [0.25, 0.3) is 16.8 Å². The number of aromatic nitrogens is 2. The normalized spacial score (nSPS) is 19.4. The Morgan fingerprint density at radius 3 is 2.29 bits per heavy atom. The van der Waals surface area contributed by atoms with Crippen molar-refractivity contribution >= 4 is 11.5 Å². The molecule has 2 aromatic carbocycles. The molecule has 6 rings (SSSR count). The van der Waals surface area contributed by atoms with E-state index in [1.807, 2.05) is 6.92 Å². The van der Waals surface area contributed by atoms with Crippen molar-refractivity contribution in [3.05, 3.63) is 149 Å². The zero-order chi connectivity index (χ0) is 36.6. The van der Waals surface area contributed by atoms with Crippen LogP contribution in [-0.2, 0) is 4.74 Å². The van der Waals surface area contributed by atoms with Gasteiger partial charge in [-0.3, -0.25) is 4.99 Å². The van der Waals surface area contributed by atoms with E-state index >= 15 is 0 Å². The number of hydrogen-bond acceptors (Lipinski definition) is 2. The molecule has 5 unspecified atom stereocenters. The summed E-state index contributed by atoms with van der Waals surface area (Å²) in [6.45, 7) is 29.9. The van der Waals surface area contributed by atoms with Gasteiger partial charge in [-0.15, -0.1) is 6.58 Å². The van der Waals surface area contributed by atoms with Gasteiger partial charge in [0.1, 0.15) is 5.76 Å². The fourth-order valence-corrected chi connectivity index (χ4v) is 8.37. The predicted molar refractivity (Wildman–Crippen MR) is 212 cm³/mol. The molecule has 4 aromatic rings. The minimum atomic E-state index is 0.0245. The van der Waals surface area contributed by atoms with Gasteiger partial charge in [-0.2, -0.15) is 9.13 Å². The molecule has 51 heavy (non-hydrogen) atoms. The topological polar surface area (TPSA) is 29.3 Å². The Labute approximate surface area is 307 Å². The van der Waals surface area contributed by atoms with Gasteiger partial charge in [0, 0.05) is 48.7 Å². The first-order chi connectivity index (χ1) is 24.5. The minimum Gasteiger partial charge on any atom is -0.443 e. The Bertz CT molecular complexity index is 2010. The number of benzene rings is 2. The number of hydrogen-bond donors (Lipinski definition) is 0. The van der Waals surface area contributed by atoms with Crippen LogP contribution in [0.4, 0.5) is 0 Å². The lowest BCUT2D eigenvalue weighted by atomic mass is 9.76. The van der Waals surface area contributed by atoms with E-state index in [1.54, 1.807) is 0 Å². The molecule has 5 atom stereocenters. The van der Waals surface area contributed by atoms with Crippen molar-refractivity contribution in [3.8, 4) is 11.3 Å². The number of allylic oxidation sites excluding steroid dienone is 3. The zero-order valence-electron chi connectivity index (χ0n) is 32.3. The van der Waals surface area contributed by atoms with Gasteiger partial charge in [0.15, 0.2) is 18.3 Å². The van der Waals surface area contributed by atoms with Crippen LogP contribution in [0, 0.1) is 12.8 Å². The summed E-state index contributed by atoms with van der Waals surface area (Å²) >= 11 is 0. The first-order valence-corrected chi connectivity index (χ1v) is 19.0. The van der Waals surface area contributed by atoms with E-state index in [-0.39, 0.29) is 29.8 Å². The summed E-state index contributed by atoms with van der Waals surface area (Å²) in [7, 11) is 0. The maximum Gasteiger partial charge on any atom is 0.243 e. The van der Waals surface area contributed by atoms with Crippen LogP contribution in [0.1, 0.15) is 131 Å². The van der Waals surface area contributed by atoms with E-state index in [4.69, 9.17) is 9.73 Å². The lowest BCUT2D eigenvalue weighted by Crippen LogP contribution is -2.57. The molecule has 4 heterocycles. The van der Waals surface area contributed by atoms with E-state index in [9.17, 15) is 0 Å². The molecule has 0 amide bonds. The molecule has 0 fully saturated rings. The van der Waals surface area contributed by atoms with E-state index in [0.717, 1.165) is 17.7 Å². The fraction of sp³-hybridized carbons (Fsp3) is 0.383. The first-order valence-electron chi connectivity index (χ1n) is 19.0. The molecule has 0 radical (unpaired) electrons. The summed E-state index contributed by atoms with van der Waals surface area (Å²) < 4.78 is 11.7. The Morgan fingerprint density at radius 2 is 1.59 bits per heavy atom. The monoisotopic (exact) mass is 679 g/mol. The zero-order valence-corrected chi connectivity index (χ0v) is 32.3. The Morgan fingerprint density at radius 1 is 0.863 bits per heavy atom. The molecule has 0 saturated heterocycles. The molecule has 0 N–H and O–H groups in total. The number of aliphatic imine (C=N–C) groups is 1. The summed E-state index contributed by atoms with van der Waals surface area (Å²) in [4.78, 5) is 4.96.